The lowest BCUT2D eigenvalue weighted by atomic mass is 9.49. The number of hydrogen-bond donors (Lipinski definition) is 2. The average Bonchev–Trinajstić information content (AvgIpc) is 3.53. The lowest BCUT2D eigenvalue weighted by molar-refractivity contribution is -0.138. The second-order valence-corrected chi connectivity index (χ2v) is 15.0. The predicted molar refractivity (Wildman–Crippen MR) is 197 cm³/mol. The van der Waals surface area contributed by atoms with Crippen molar-refractivity contribution in [3.63, 3.8) is 0 Å². The Morgan fingerprint density at radius 1 is 0.887 bits per heavy atom. The van der Waals surface area contributed by atoms with Crippen LogP contribution in [0, 0.1) is 29.5 Å². The van der Waals surface area contributed by atoms with Gasteiger partial charge in [-0.1, -0.05) is 51.3 Å². The number of carbonyl (C=O) groups excluding carboxylic acids is 4. The molecule has 4 amide bonds. The van der Waals surface area contributed by atoms with Crippen LogP contribution in [0.3, 0.4) is 0 Å². The van der Waals surface area contributed by atoms with Gasteiger partial charge in [0.1, 0.15) is 23.1 Å². The zero-order valence-electron chi connectivity index (χ0n) is 28.4. The summed E-state index contributed by atoms with van der Waals surface area (Å²) in [6, 6.07) is 21.8. The maximum absolute atomic E-state index is 15.4. The molecule has 270 valence electrons. The number of anilines is 2. The number of carbonyl (C=O) groups is 4. The molecule has 8 rings (SSSR count). The van der Waals surface area contributed by atoms with E-state index in [1.165, 1.54) is 49.5 Å². The van der Waals surface area contributed by atoms with Gasteiger partial charge in [-0.25, -0.2) is 4.39 Å². The molecule has 3 fully saturated rings. The molecule has 0 unspecified atom stereocenters. The highest BCUT2D eigenvalue weighted by Gasteiger charge is 2.71. The molecule has 1 saturated carbocycles. The van der Waals surface area contributed by atoms with Crippen LogP contribution in [0.1, 0.15) is 29.9 Å². The van der Waals surface area contributed by atoms with E-state index in [9.17, 15) is 23.9 Å². The van der Waals surface area contributed by atoms with Crippen LogP contribution in [0.25, 0.3) is 0 Å². The largest absolute Gasteiger partial charge is 0.507 e. The molecule has 13 heteroatoms. The van der Waals surface area contributed by atoms with E-state index < -0.39 is 58.5 Å². The smallest absolute Gasteiger partial charge is 0.260 e. The first kappa shape index (κ1) is 34.9. The number of hydrogen-bond acceptors (Lipinski definition) is 8. The van der Waals surface area contributed by atoms with Gasteiger partial charge in [0, 0.05) is 33.1 Å². The van der Waals surface area contributed by atoms with Gasteiger partial charge < -0.3 is 14.6 Å². The molecule has 2 heterocycles. The molecule has 0 spiro atoms. The summed E-state index contributed by atoms with van der Waals surface area (Å²) in [7, 11) is 2.87. The van der Waals surface area contributed by atoms with Crippen molar-refractivity contribution in [2.24, 2.45) is 23.7 Å². The number of rotatable bonds is 7. The molecule has 2 saturated heterocycles. The third-order valence-electron chi connectivity index (χ3n) is 11.2. The van der Waals surface area contributed by atoms with Gasteiger partial charge in [0.25, 0.3) is 11.8 Å². The number of nitrogens with one attached hydrogen (secondary N) is 1. The first-order valence-electron chi connectivity index (χ1n) is 16.9. The lowest BCUT2D eigenvalue weighted by Crippen LogP contribution is -2.53. The van der Waals surface area contributed by atoms with Gasteiger partial charge in [-0.05, 0) is 85.0 Å². The summed E-state index contributed by atoms with van der Waals surface area (Å²) in [5, 5.41) is 13.2. The van der Waals surface area contributed by atoms with Crippen LogP contribution in [0.15, 0.2) is 101 Å². The molecule has 2 aliphatic heterocycles. The van der Waals surface area contributed by atoms with Gasteiger partial charge in [-0.3, -0.25) is 29.5 Å². The number of fused-ring (bicyclic) bond motifs is 4. The van der Waals surface area contributed by atoms with Gasteiger partial charge in [-0.2, -0.15) is 5.01 Å². The highest BCUT2D eigenvalue weighted by molar-refractivity contribution is 9.10. The Morgan fingerprint density at radius 2 is 1.58 bits per heavy atom. The number of methoxy groups -OCH3 is 2. The summed E-state index contributed by atoms with van der Waals surface area (Å²) >= 11 is 9.78. The van der Waals surface area contributed by atoms with Crippen LogP contribution >= 0.6 is 27.5 Å². The monoisotopic (exact) mass is 799 g/mol. The molecule has 0 aromatic heterocycles. The SMILES string of the molecule is COc1cc(O)c([C@H]2C3=CC[C@@H]4C(=O)N(c5ccc(Br)cc5)C(=O)[C@@H]4[C@@H]3C[C@H]3C(=O)N(Nc4ccc(F)cc4)C(=O)[C@@]23c2ccc(Cl)cc2)c(OC)c1. The fourth-order valence-corrected chi connectivity index (χ4v) is 9.37. The molecular formula is C40H32BrClFN3O7. The molecule has 2 N–H and O–H groups in total. The normalized spacial score (nSPS) is 26.2. The lowest BCUT2D eigenvalue weighted by Gasteiger charge is -2.50. The van der Waals surface area contributed by atoms with E-state index in [4.69, 9.17) is 21.1 Å². The van der Waals surface area contributed by atoms with E-state index >= 15 is 4.79 Å². The van der Waals surface area contributed by atoms with Crippen LogP contribution in [-0.4, -0.2) is 48.0 Å². The van der Waals surface area contributed by atoms with E-state index in [1.54, 1.807) is 54.6 Å². The van der Waals surface area contributed by atoms with Crippen molar-refractivity contribution >= 4 is 62.5 Å². The standard InChI is InChI=1S/C40H32BrClFN3O7/c1-52-26-17-31(47)34(32(18-26)53-2)35-27-15-16-28-33(38(50)45(36(28)48)25-13-5-21(41)6-14-25)29(27)19-30-37(49)46(44-24-11-9-23(43)10-12-24)39(51)40(30,35)20-3-7-22(42)8-4-20/h3-15,17-18,28-30,33,35,44,47H,16,19H2,1-2H3/t28-,29+,30-,33-,35+,40+/m0/s1. The molecule has 6 atom stereocenters. The Bertz CT molecular complexity index is 2220. The third kappa shape index (κ3) is 5.25. The number of ether oxygens (including phenoxy) is 2. The fourth-order valence-electron chi connectivity index (χ4n) is 8.98. The minimum atomic E-state index is -1.71. The number of phenols is 1. The molecule has 4 aromatic carbocycles. The van der Waals surface area contributed by atoms with Gasteiger partial charge in [0.15, 0.2) is 0 Å². The van der Waals surface area contributed by atoms with Crippen molar-refractivity contribution in [3.05, 3.63) is 123 Å². The number of nitrogens with zero attached hydrogens (tertiary/aromatic N) is 2. The van der Waals surface area contributed by atoms with Gasteiger partial charge in [0.05, 0.1) is 48.8 Å². The summed E-state index contributed by atoms with van der Waals surface area (Å²) < 4.78 is 26.0. The fraction of sp³-hybridized carbons (Fsp3) is 0.250. The first-order chi connectivity index (χ1) is 25.5. The van der Waals surface area contributed by atoms with Crippen molar-refractivity contribution < 1.29 is 38.1 Å². The topological polar surface area (TPSA) is 125 Å². The van der Waals surface area contributed by atoms with Crippen LogP contribution in [-0.2, 0) is 24.6 Å². The van der Waals surface area contributed by atoms with Crippen molar-refractivity contribution in [1.82, 2.24) is 5.01 Å². The summed E-state index contributed by atoms with van der Waals surface area (Å²) in [6.07, 6.45) is 2.10. The maximum atomic E-state index is 15.4. The summed E-state index contributed by atoms with van der Waals surface area (Å²) in [6.45, 7) is 0. The minimum Gasteiger partial charge on any atom is -0.507 e. The van der Waals surface area contributed by atoms with Gasteiger partial charge in [0.2, 0.25) is 11.8 Å². The van der Waals surface area contributed by atoms with Crippen molar-refractivity contribution in [2.75, 3.05) is 24.5 Å². The number of halogens is 3. The number of benzene rings is 4. The highest BCUT2D eigenvalue weighted by atomic mass is 79.9. The zero-order valence-corrected chi connectivity index (χ0v) is 30.7. The predicted octanol–water partition coefficient (Wildman–Crippen LogP) is 7.15. The molecule has 10 nitrogen and oxygen atoms in total. The molecule has 53 heavy (non-hydrogen) atoms. The Balaban J connectivity index is 1.36. The summed E-state index contributed by atoms with van der Waals surface area (Å²) in [5.74, 6) is -6.67. The Morgan fingerprint density at radius 3 is 2.25 bits per heavy atom. The molecular weight excluding hydrogens is 769 g/mol. The highest BCUT2D eigenvalue weighted by Crippen LogP contribution is 2.66. The van der Waals surface area contributed by atoms with Crippen LogP contribution < -0.4 is 19.8 Å². The van der Waals surface area contributed by atoms with Crippen molar-refractivity contribution in [2.45, 2.75) is 24.2 Å². The Kier molecular flexibility index (Phi) is 8.57. The van der Waals surface area contributed by atoms with E-state index in [0.29, 0.717) is 27.6 Å². The summed E-state index contributed by atoms with van der Waals surface area (Å²) in [5.41, 5.74) is 3.21. The van der Waals surface area contributed by atoms with E-state index in [-0.39, 0.29) is 41.5 Å². The molecule has 0 bridgehead atoms. The molecule has 4 aromatic rings. The van der Waals surface area contributed by atoms with E-state index in [2.05, 4.69) is 21.4 Å². The van der Waals surface area contributed by atoms with Crippen molar-refractivity contribution in [1.29, 1.82) is 0 Å². The number of allylic oxidation sites excluding steroid dienone is 2. The van der Waals surface area contributed by atoms with E-state index in [1.807, 2.05) is 6.08 Å². The molecule has 0 radical (unpaired) electrons. The van der Waals surface area contributed by atoms with Crippen LogP contribution in [0.2, 0.25) is 5.02 Å². The average molecular weight is 801 g/mol. The maximum Gasteiger partial charge on any atom is 0.260 e. The molecule has 4 aliphatic rings. The molecule has 2 aliphatic carbocycles. The minimum absolute atomic E-state index is 0.0325. The second-order valence-electron chi connectivity index (χ2n) is 13.6. The third-order valence-corrected chi connectivity index (χ3v) is 12.0. The second kappa shape index (κ2) is 13.0. The first-order valence-corrected chi connectivity index (χ1v) is 18.1. The Hall–Kier alpha value is -5.20. The van der Waals surface area contributed by atoms with Crippen LogP contribution in [0.4, 0.5) is 15.8 Å². The number of hydrazine groups is 1. The quantitative estimate of drug-likeness (QED) is 0.149. The number of phenolic OH excluding ortho intramolecular Hbond substituents is 1. The Labute approximate surface area is 317 Å². The zero-order chi connectivity index (χ0) is 37.3. The van der Waals surface area contributed by atoms with Crippen LogP contribution in [0.5, 0.6) is 17.2 Å². The summed E-state index contributed by atoms with van der Waals surface area (Å²) in [4.78, 5) is 60.0. The number of aromatic hydroxyl groups is 1. The number of imide groups is 2. The number of amides is 4. The van der Waals surface area contributed by atoms with Crippen molar-refractivity contribution in [3.8, 4) is 17.2 Å². The van der Waals surface area contributed by atoms with Gasteiger partial charge >= 0.3 is 0 Å². The van der Waals surface area contributed by atoms with Gasteiger partial charge in [-0.15, -0.1) is 0 Å². The van der Waals surface area contributed by atoms with E-state index in [0.717, 1.165) is 9.48 Å².